The number of hydrogen-bond acceptors (Lipinski definition) is 5. The molecule has 5 heteroatoms. The maximum Gasteiger partial charge on any atom is 0.344 e. The predicted molar refractivity (Wildman–Crippen MR) is 78.9 cm³/mol. The van der Waals surface area contributed by atoms with Crippen LogP contribution in [0.3, 0.4) is 0 Å². The molecule has 0 heterocycles. The number of rotatable bonds is 6. The second kappa shape index (κ2) is 7.31. The quantitative estimate of drug-likeness (QED) is 0.383. The Balaban J connectivity index is 1.86. The molecular weight excluding hydrogens is 270 g/mol. The van der Waals surface area contributed by atoms with Crippen molar-refractivity contribution in [1.82, 2.24) is 0 Å². The van der Waals surface area contributed by atoms with Crippen LogP contribution in [0.2, 0.25) is 0 Å². The Morgan fingerprint density at radius 2 is 1.90 bits per heavy atom. The van der Waals surface area contributed by atoms with Crippen molar-refractivity contribution < 1.29 is 19.0 Å². The summed E-state index contributed by atoms with van der Waals surface area (Å²) in [5, 5.41) is 0. The van der Waals surface area contributed by atoms with Gasteiger partial charge in [0.1, 0.15) is 11.3 Å². The van der Waals surface area contributed by atoms with Crippen LogP contribution >= 0.6 is 0 Å². The molecule has 21 heavy (non-hydrogen) atoms. The maximum atomic E-state index is 12.0. The third kappa shape index (κ3) is 4.22. The van der Waals surface area contributed by atoms with Crippen LogP contribution in [0.15, 0.2) is 48.5 Å². The fraction of sp³-hybridized carbons (Fsp3) is 0.188. The lowest BCUT2D eigenvalue weighted by atomic mass is 10.2. The van der Waals surface area contributed by atoms with Crippen molar-refractivity contribution in [2.45, 2.75) is 6.61 Å². The zero-order valence-corrected chi connectivity index (χ0v) is 11.7. The van der Waals surface area contributed by atoms with E-state index in [0.29, 0.717) is 18.0 Å². The van der Waals surface area contributed by atoms with E-state index in [1.807, 2.05) is 30.3 Å². The lowest BCUT2D eigenvalue weighted by Crippen LogP contribution is -2.10. The molecular formula is C16H17NO4. The fourth-order valence-corrected chi connectivity index (χ4v) is 1.79. The van der Waals surface area contributed by atoms with E-state index < -0.39 is 5.97 Å². The van der Waals surface area contributed by atoms with Crippen molar-refractivity contribution in [3.63, 3.8) is 0 Å². The number of esters is 1. The van der Waals surface area contributed by atoms with Gasteiger partial charge >= 0.3 is 5.97 Å². The SMILES string of the molecule is COc1ccc(N)cc1C(=O)OCOCc1ccccc1. The smallest absolute Gasteiger partial charge is 0.344 e. The van der Waals surface area contributed by atoms with Crippen LogP contribution in [0.1, 0.15) is 15.9 Å². The normalized spacial score (nSPS) is 10.1. The molecule has 0 radical (unpaired) electrons. The Morgan fingerprint density at radius 3 is 2.62 bits per heavy atom. The minimum atomic E-state index is -0.535. The molecule has 0 fully saturated rings. The second-order valence-electron chi connectivity index (χ2n) is 4.34. The zero-order valence-electron chi connectivity index (χ0n) is 11.7. The van der Waals surface area contributed by atoms with Crippen molar-refractivity contribution in [2.24, 2.45) is 0 Å². The Hall–Kier alpha value is -2.53. The summed E-state index contributed by atoms with van der Waals surface area (Å²) < 4.78 is 15.5. The Morgan fingerprint density at radius 1 is 1.14 bits per heavy atom. The standard InChI is InChI=1S/C16H17NO4/c1-19-15-8-7-13(17)9-14(15)16(18)21-11-20-10-12-5-3-2-4-6-12/h2-9H,10-11,17H2,1H3. The average molecular weight is 287 g/mol. The molecule has 5 nitrogen and oxygen atoms in total. The summed E-state index contributed by atoms with van der Waals surface area (Å²) in [7, 11) is 1.48. The third-order valence-electron chi connectivity index (χ3n) is 2.83. The van der Waals surface area contributed by atoms with E-state index in [9.17, 15) is 4.79 Å². The molecule has 0 unspecified atom stereocenters. The lowest BCUT2D eigenvalue weighted by molar-refractivity contribution is -0.0382. The maximum absolute atomic E-state index is 12.0. The number of carbonyl (C=O) groups excluding carboxylic acids is 1. The lowest BCUT2D eigenvalue weighted by Gasteiger charge is -2.10. The monoisotopic (exact) mass is 287 g/mol. The first-order chi connectivity index (χ1) is 10.2. The van der Waals surface area contributed by atoms with Crippen LogP contribution in [0.5, 0.6) is 5.75 Å². The molecule has 0 amide bonds. The van der Waals surface area contributed by atoms with E-state index in [-0.39, 0.29) is 12.4 Å². The number of benzene rings is 2. The first-order valence-corrected chi connectivity index (χ1v) is 6.43. The van der Waals surface area contributed by atoms with Gasteiger partial charge in [0.2, 0.25) is 0 Å². The predicted octanol–water partition coefficient (Wildman–Crippen LogP) is 2.61. The molecule has 0 saturated heterocycles. The minimum Gasteiger partial charge on any atom is -0.496 e. The number of hydrogen-bond donors (Lipinski definition) is 1. The molecule has 0 saturated carbocycles. The summed E-state index contributed by atoms with van der Waals surface area (Å²) in [5.74, 6) is -0.121. The highest BCUT2D eigenvalue weighted by Gasteiger charge is 2.14. The summed E-state index contributed by atoms with van der Waals surface area (Å²) in [6, 6.07) is 14.4. The van der Waals surface area contributed by atoms with Gasteiger partial charge in [0.15, 0.2) is 6.79 Å². The summed E-state index contributed by atoms with van der Waals surface area (Å²) in [6.45, 7) is 0.244. The van der Waals surface area contributed by atoms with Gasteiger partial charge < -0.3 is 19.9 Å². The van der Waals surface area contributed by atoms with E-state index in [1.54, 1.807) is 12.1 Å². The highest BCUT2D eigenvalue weighted by atomic mass is 16.7. The summed E-state index contributed by atoms with van der Waals surface area (Å²) >= 11 is 0. The minimum absolute atomic E-state index is 0.133. The number of anilines is 1. The topological polar surface area (TPSA) is 70.8 Å². The first kappa shape index (κ1) is 14.9. The van der Waals surface area contributed by atoms with Crippen molar-refractivity contribution in [3.05, 3.63) is 59.7 Å². The van der Waals surface area contributed by atoms with Crippen molar-refractivity contribution in [3.8, 4) is 5.75 Å². The third-order valence-corrected chi connectivity index (χ3v) is 2.83. The van der Waals surface area contributed by atoms with Gasteiger partial charge in [0, 0.05) is 5.69 Å². The first-order valence-electron chi connectivity index (χ1n) is 6.43. The van der Waals surface area contributed by atoms with Crippen LogP contribution in [0.4, 0.5) is 5.69 Å². The van der Waals surface area contributed by atoms with Crippen LogP contribution in [-0.2, 0) is 16.1 Å². The molecule has 0 aromatic heterocycles. The Bertz CT molecular complexity index is 598. The largest absolute Gasteiger partial charge is 0.496 e. The molecule has 2 N–H and O–H groups in total. The number of carbonyl (C=O) groups is 1. The molecule has 0 bridgehead atoms. The molecule has 0 spiro atoms. The zero-order chi connectivity index (χ0) is 15.1. The van der Waals surface area contributed by atoms with Crippen LogP contribution < -0.4 is 10.5 Å². The molecule has 110 valence electrons. The molecule has 0 aliphatic heterocycles. The Labute approximate surface area is 123 Å². The number of nitrogen functional groups attached to an aromatic ring is 1. The molecule has 2 aromatic rings. The van der Waals surface area contributed by atoms with Crippen molar-refractivity contribution in [2.75, 3.05) is 19.6 Å². The molecule has 2 aromatic carbocycles. The fourth-order valence-electron chi connectivity index (χ4n) is 1.79. The van der Waals surface area contributed by atoms with Gasteiger partial charge in [-0.2, -0.15) is 0 Å². The molecule has 0 atom stereocenters. The van der Waals surface area contributed by atoms with Gasteiger partial charge in [-0.25, -0.2) is 4.79 Å². The van der Waals surface area contributed by atoms with Gasteiger partial charge in [-0.1, -0.05) is 30.3 Å². The van der Waals surface area contributed by atoms with E-state index >= 15 is 0 Å². The Kier molecular flexibility index (Phi) is 5.17. The average Bonchev–Trinajstić information content (AvgIpc) is 2.52. The summed E-state index contributed by atoms with van der Waals surface area (Å²) in [4.78, 5) is 12.0. The van der Waals surface area contributed by atoms with E-state index in [0.717, 1.165) is 5.56 Å². The van der Waals surface area contributed by atoms with Gasteiger partial charge in [-0.3, -0.25) is 0 Å². The number of nitrogens with two attached hydrogens (primary N) is 1. The van der Waals surface area contributed by atoms with E-state index in [4.69, 9.17) is 19.9 Å². The van der Waals surface area contributed by atoms with Crippen LogP contribution in [0, 0.1) is 0 Å². The highest BCUT2D eigenvalue weighted by molar-refractivity contribution is 5.93. The number of methoxy groups -OCH3 is 1. The van der Waals surface area contributed by atoms with Crippen LogP contribution in [-0.4, -0.2) is 19.9 Å². The molecule has 0 aliphatic carbocycles. The molecule has 0 aliphatic rings. The molecule has 2 rings (SSSR count). The van der Waals surface area contributed by atoms with E-state index in [1.165, 1.54) is 13.2 Å². The van der Waals surface area contributed by atoms with Gasteiger partial charge in [-0.05, 0) is 23.8 Å². The van der Waals surface area contributed by atoms with Crippen LogP contribution in [0.25, 0.3) is 0 Å². The van der Waals surface area contributed by atoms with Gasteiger partial charge in [0.25, 0.3) is 0 Å². The van der Waals surface area contributed by atoms with Gasteiger partial charge in [0.05, 0.1) is 13.7 Å². The van der Waals surface area contributed by atoms with E-state index in [2.05, 4.69) is 0 Å². The van der Waals surface area contributed by atoms with Crippen molar-refractivity contribution >= 4 is 11.7 Å². The number of ether oxygens (including phenoxy) is 3. The second-order valence-corrected chi connectivity index (χ2v) is 4.34. The van der Waals surface area contributed by atoms with Crippen molar-refractivity contribution in [1.29, 1.82) is 0 Å². The summed E-state index contributed by atoms with van der Waals surface area (Å²) in [5.41, 5.74) is 7.41. The van der Waals surface area contributed by atoms with Gasteiger partial charge in [-0.15, -0.1) is 0 Å². The summed E-state index contributed by atoms with van der Waals surface area (Å²) in [6.07, 6.45) is 0. The highest BCUT2D eigenvalue weighted by Crippen LogP contribution is 2.21.